The van der Waals surface area contributed by atoms with Crippen LogP contribution in [0.15, 0.2) is 24.3 Å². The van der Waals surface area contributed by atoms with E-state index in [1.807, 2.05) is 6.07 Å². The fourth-order valence-corrected chi connectivity index (χ4v) is 3.36. The van der Waals surface area contributed by atoms with Crippen LogP contribution in [0.3, 0.4) is 0 Å². The Labute approximate surface area is 141 Å². The monoisotopic (exact) mass is 329 g/mol. The summed E-state index contributed by atoms with van der Waals surface area (Å²) in [7, 11) is 0. The zero-order valence-electron chi connectivity index (χ0n) is 13.7. The summed E-state index contributed by atoms with van der Waals surface area (Å²) in [5.74, 6) is -1.16. The summed E-state index contributed by atoms with van der Waals surface area (Å²) in [5.41, 5.74) is 1.28. The van der Waals surface area contributed by atoms with Gasteiger partial charge in [0.1, 0.15) is 0 Å². The SMILES string of the molecule is O=C(Nc1cccc(N2CCCC2=O)c1)C(=O)NC1CCCCC1. The molecule has 2 aliphatic rings. The van der Waals surface area contributed by atoms with Gasteiger partial charge in [-0.05, 0) is 37.5 Å². The van der Waals surface area contributed by atoms with Crippen molar-refractivity contribution in [2.75, 3.05) is 16.8 Å². The Hall–Kier alpha value is -2.37. The molecule has 128 valence electrons. The van der Waals surface area contributed by atoms with Crippen molar-refractivity contribution in [1.29, 1.82) is 0 Å². The van der Waals surface area contributed by atoms with Crippen molar-refractivity contribution in [3.8, 4) is 0 Å². The molecule has 1 saturated heterocycles. The Balaban J connectivity index is 1.59. The van der Waals surface area contributed by atoms with Gasteiger partial charge < -0.3 is 15.5 Å². The zero-order valence-corrected chi connectivity index (χ0v) is 13.7. The van der Waals surface area contributed by atoms with Crippen molar-refractivity contribution in [1.82, 2.24) is 5.32 Å². The number of hydrogen-bond acceptors (Lipinski definition) is 3. The second-order valence-electron chi connectivity index (χ2n) is 6.46. The minimum atomic E-state index is -0.662. The Bertz CT molecular complexity index is 638. The van der Waals surface area contributed by atoms with Gasteiger partial charge in [-0.1, -0.05) is 25.3 Å². The molecule has 1 aromatic rings. The van der Waals surface area contributed by atoms with Gasteiger partial charge >= 0.3 is 11.8 Å². The predicted octanol–water partition coefficient (Wildman–Crippen LogP) is 2.20. The summed E-state index contributed by atoms with van der Waals surface area (Å²) in [6, 6.07) is 7.16. The first-order valence-electron chi connectivity index (χ1n) is 8.66. The number of carbonyl (C=O) groups is 3. The number of carbonyl (C=O) groups excluding carboxylic acids is 3. The van der Waals surface area contributed by atoms with E-state index in [0.717, 1.165) is 37.8 Å². The van der Waals surface area contributed by atoms with Gasteiger partial charge in [0.25, 0.3) is 0 Å². The van der Waals surface area contributed by atoms with Crippen LogP contribution in [-0.4, -0.2) is 30.3 Å². The molecule has 1 saturated carbocycles. The van der Waals surface area contributed by atoms with E-state index in [0.29, 0.717) is 18.7 Å². The Morgan fingerprint density at radius 2 is 1.83 bits per heavy atom. The second kappa shape index (κ2) is 7.47. The number of anilines is 2. The smallest absolute Gasteiger partial charge is 0.313 e. The van der Waals surface area contributed by atoms with Crippen LogP contribution < -0.4 is 15.5 Å². The van der Waals surface area contributed by atoms with Crippen molar-refractivity contribution in [2.24, 2.45) is 0 Å². The highest BCUT2D eigenvalue weighted by Crippen LogP contribution is 2.24. The maximum absolute atomic E-state index is 12.1. The lowest BCUT2D eigenvalue weighted by Gasteiger charge is -2.22. The third kappa shape index (κ3) is 3.93. The van der Waals surface area contributed by atoms with Gasteiger partial charge in [-0.2, -0.15) is 0 Å². The second-order valence-corrected chi connectivity index (χ2v) is 6.46. The van der Waals surface area contributed by atoms with Crippen LogP contribution in [0.1, 0.15) is 44.9 Å². The summed E-state index contributed by atoms with van der Waals surface area (Å²) in [4.78, 5) is 37.6. The first-order valence-corrected chi connectivity index (χ1v) is 8.66. The van der Waals surface area contributed by atoms with Crippen LogP contribution in [0.2, 0.25) is 0 Å². The average molecular weight is 329 g/mol. The lowest BCUT2D eigenvalue weighted by molar-refractivity contribution is -0.136. The van der Waals surface area contributed by atoms with E-state index in [2.05, 4.69) is 10.6 Å². The molecule has 1 aromatic carbocycles. The zero-order chi connectivity index (χ0) is 16.9. The number of hydrogen-bond donors (Lipinski definition) is 2. The topological polar surface area (TPSA) is 78.5 Å². The number of nitrogens with zero attached hydrogens (tertiary/aromatic N) is 1. The fraction of sp³-hybridized carbons (Fsp3) is 0.500. The number of nitrogens with one attached hydrogen (secondary N) is 2. The fourth-order valence-electron chi connectivity index (χ4n) is 3.36. The van der Waals surface area contributed by atoms with Crippen molar-refractivity contribution in [2.45, 2.75) is 51.0 Å². The molecule has 24 heavy (non-hydrogen) atoms. The van der Waals surface area contributed by atoms with Crippen LogP contribution in [0.25, 0.3) is 0 Å². The van der Waals surface area contributed by atoms with Gasteiger partial charge in [-0.3, -0.25) is 14.4 Å². The lowest BCUT2D eigenvalue weighted by Crippen LogP contribution is -2.42. The molecular weight excluding hydrogens is 306 g/mol. The van der Waals surface area contributed by atoms with Gasteiger partial charge in [0.15, 0.2) is 0 Å². The van der Waals surface area contributed by atoms with E-state index < -0.39 is 11.8 Å². The van der Waals surface area contributed by atoms with Crippen molar-refractivity contribution in [3.05, 3.63) is 24.3 Å². The molecule has 0 bridgehead atoms. The summed E-state index contributed by atoms with van der Waals surface area (Å²) in [5, 5.41) is 5.42. The first-order chi connectivity index (χ1) is 11.6. The third-order valence-corrected chi connectivity index (χ3v) is 4.64. The molecule has 3 rings (SSSR count). The van der Waals surface area contributed by atoms with Gasteiger partial charge in [0, 0.05) is 30.4 Å². The average Bonchev–Trinajstić information content (AvgIpc) is 3.02. The van der Waals surface area contributed by atoms with Crippen LogP contribution in [0, 0.1) is 0 Å². The molecular formula is C18H23N3O3. The highest BCUT2D eigenvalue weighted by Gasteiger charge is 2.23. The normalized spacial score (nSPS) is 18.5. The molecule has 0 radical (unpaired) electrons. The maximum Gasteiger partial charge on any atom is 0.313 e. The van der Waals surface area contributed by atoms with Crippen molar-refractivity contribution >= 4 is 29.1 Å². The lowest BCUT2D eigenvalue weighted by atomic mass is 9.95. The summed E-state index contributed by atoms with van der Waals surface area (Å²) in [6.07, 6.45) is 6.66. The van der Waals surface area contributed by atoms with Crippen molar-refractivity contribution in [3.63, 3.8) is 0 Å². The van der Waals surface area contributed by atoms with E-state index in [4.69, 9.17) is 0 Å². The van der Waals surface area contributed by atoms with Gasteiger partial charge in [-0.25, -0.2) is 0 Å². The number of amides is 3. The standard InChI is InChI=1S/C18H23N3O3/c22-16-10-5-11-21(16)15-9-4-8-14(12-15)20-18(24)17(23)19-13-6-2-1-3-7-13/h4,8-9,12-13H,1-3,5-7,10-11H2,(H,19,23)(H,20,24). The molecule has 1 aliphatic carbocycles. The van der Waals surface area contributed by atoms with Gasteiger partial charge in [-0.15, -0.1) is 0 Å². The Morgan fingerprint density at radius 3 is 2.54 bits per heavy atom. The largest absolute Gasteiger partial charge is 0.345 e. The molecule has 0 aromatic heterocycles. The molecule has 6 nitrogen and oxygen atoms in total. The van der Waals surface area contributed by atoms with Crippen molar-refractivity contribution < 1.29 is 14.4 Å². The molecule has 3 amide bonds. The van der Waals surface area contributed by atoms with Crippen LogP contribution >= 0.6 is 0 Å². The third-order valence-electron chi connectivity index (χ3n) is 4.64. The van der Waals surface area contributed by atoms with Crippen LogP contribution in [0.5, 0.6) is 0 Å². The van der Waals surface area contributed by atoms with E-state index in [9.17, 15) is 14.4 Å². The first kappa shape index (κ1) is 16.5. The van der Waals surface area contributed by atoms with Crippen LogP contribution in [-0.2, 0) is 14.4 Å². The number of rotatable bonds is 3. The summed E-state index contributed by atoms with van der Waals surface area (Å²) < 4.78 is 0. The molecule has 6 heteroatoms. The minimum absolute atomic E-state index is 0.0912. The highest BCUT2D eigenvalue weighted by atomic mass is 16.2. The molecule has 0 spiro atoms. The van der Waals surface area contributed by atoms with E-state index in [1.165, 1.54) is 6.42 Å². The minimum Gasteiger partial charge on any atom is -0.345 e. The van der Waals surface area contributed by atoms with Gasteiger partial charge in [0.05, 0.1) is 0 Å². The van der Waals surface area contributed by atoms with Crippen LogP contribution in [0.4, 0.5) is 11.4 Å². The Kier molecular flexibility index (Phi) is 5.13. The summed E-state index contributed by atoms with van der Waals surface area (Å²) >= 11 is 0. The molecule has 1 aliphatic heterocycles. The summed E-state index contributed by atoms with van der Waals surface area (Å²) in [6.45, 7) is 0.693. The van der Waals surface area contributed by atoms with Gasteiger partial charge in [0.2, 0.25) is 5.91 Å². The molecule has 1 heterocycles. The van der Waals surface area contributed by atoms with E-state index >= 15 is 0 Å². The molecule has 0 atom stereocenters. The highest BCUT2D eigenvalue weighted by molar-refractivity contribution is 6.39. The molecule has 0 unspecified atom stereocenters. The quantitative estimate of drug-likeness (QED) is 0.835. The molecule has 2 N–H and O–H groups in total. The number of benzene rings is 1. The predicted molar refractivity (Wildman–Crippen MR) is 91.7 cm³/mol. The van der Waals surface area contributed by atoms with E-state index in [1.54, 1.807) is 23.1 Å². The van der Waals surface area contributed by atoms with E-state index in [-0.39, 0.29) is 11.9 Å². The molecule has 2 fully saturated rings. The maximum atomic E-state index is 12.1. The Morgan fingerprint density at radius 1 is 1.04 bits per heavy atom.